The van der Waals surface area contributed by atoms with Gasteiger partial charge in [0, 0.05) is 0 Å². The van der Waals surface area contributed by atoms with E-state index >= 15 is 0 Å². The van der Waals surface area contributed by atoms with Crippen LogP contribution in [0.15, 0.2) is 0 Å². The van der Waals surface area contributed by atoms with Crippen LogP contribution in [0.4, 0.5) is 0 Å². The van der Waals surface area contributed by atoms with E-state index < -0.39 is 0 Å². The van der Waals surface area contributed by atoms with E-state index in [1.807, 2.05) is 0 Å². The Morgan fingerprint density at radius 1 is 0.303 bits per heavy atom. The minimum atomic E-state index is 0.525. The lowest BCUT2D eigenvalue weighted by Gasteiger charge is -2.26. The highest BCUT2D eigenvalue weighted by atomic mass is 16.5. The van der Waals surface area contributed by atoms with Crippen LogP contribution < -0.4 is 0 Å². The monoisotopic (exact) mass is 467 g/mol. The minimum Gasteiger partial charge on any atom is -0.375 e. The van der Waals surface area contributed by atoms with Crippen molar-refractivity contribution in [3.8, 4) is 0 Å². The average molecular weight is 467 g/mol. The Hall–Kier alpha value is -0.0400. The Balaban J connectivity index is 4.31. The van der Waals surface area contributed by atoms with Crippen molar-refractivity contribution in [1.82, 2.24) is 0 Å². The molecule has 0 aliphatic heterocycles. The third-order valence-electron chi connectivity index (χ3n) is 7.40. The Bertz CT molecular complexity index is 307. The quantitative estimate of drug-likeness (QED) is 0.104. The van der Waals surface area contributed by atoms with Crippen molar-refractivity contribution >= 4 is 0 Å². The van der Waals surface area contributed by atoms with Gasteiger partial charge in [-0.15, -0.1) is 0 Å². The molecule has 200 valence electrons. The molecular formula is C32H66O. The van der Waals surface area contributed by atoms with Crippen LogP contribution in [0.25, 0.3) is 0 Å². The van der Waals surface area contributed by atoms with Gasteiger partial charge in [0.1, 0.15) is 0 Å². The van der Waals surface area contributed by atoms with E-state index in [-0.39, 0.29) is 0 Å². The van der Waals surface area contributed by atoms with Gasteiger partial charge in [-0.25, -0.2) is 0 Å². The SMILES string of the molecule is CCCCCCCCCCC(CCCCC)OC(CCCCC)CCCCCCCCCC. The summed E-state index contributed by atoms with van der Waals surface area (Å²) in [5.74, 6) is 0. The third-order valence-corrected chi connectivity index (χ3v) is 7.40. The molecule has 0 heterocycles. The Morgan fingerprint density at radius 3 is 0.818 bits per heavy atom. The Kier molecular flexibility index (Phi) is 28.2. The molecule has 2 unspecified atom stereocenters. The van der Waals surface area contributed by atoms with Gasteiger partial charge in [-0.1, -0.05) is 169 Å². The van der Waals surface area contributed by atoms with Crippen LogP contribution in [0.5, 0.6) is 0 Å². The number of unbranched alkanes of at least 4 members (excludes halogenated alkanes) is 18. The van der Waals surface area contributed by atoms with E-state index in [0.717, 1.165) is 0 Å². The molecule has 0 rings (SSSR count). The predicted octanol–water partition coefficient (Wildman–Crippen LogP) is 12.0. The summed E-state index contributed by atoms with van der Waals surface area (Å²) in [5, 5.41) is 0. The summed E-state index contributed by atoms with van der Waals surface area (Å²) in [7, 11) is 0. The molecule has 0 aromatic carbocycles. The van der Waals surface area contributed by atoms with Crippen LogP contribution in [0.1, 0.15) is 195 Å². The van der Waals surface area contributed by atoms with Gasteiger partial charge >= 0.3 is 0 Å². The molecule has 0 spiro atoms. The van der Waals surface area contributed by atoms with E-state index in [9.17, 15) is 0 Å². The molecule has 0 aromatic heterocycles. The van der Waals surface area contributed by atoms with Crippen molar-refractivity contribution in [2.24, 2.45) is 0 Å². The first kappa shape index (κ1) is 33.0. The molecule has 0 aliphatic rings. The molecule has 0 bridgehead atoms. The van der Waals surface area contributed by atoms with E-state index in [1.165, 1.54) is 167 Å². The molecule has 0 fully saturated rings. The first-order valence-electron chi connectivity index (χ1n) is 15.9. The van der Waals surface area contributed by atoms with Gasteiger partial charge in [0.25, 0.3) is 0 Å². The summed E-state index contributed by atoms with van der Waals surface area (Å²) in [6, 6.07) is 0. The zero-order chi connectivity index (χ0) is 24.2. The van der Waals surface area contributed by atoms with Crippen LogP contribution in [-0.2, 0) is 4.74 Å². The number of ether oxygens (including phenoxy) is 1. The lowest BCUT2D eigenvalue weighted by Crippen LogP contribution is -2.23. The molecule has 0 radical (unpaired) electrons. The van der Waals surface area contributed by atoms with Crippen molar-refractivity contribution in [2.75, 3.05) is 0 Å². The van der Waals surface area contributed by atoms with Crippen molar-refractivity contribution in [3.63, 3.8) is 0 Å². The van der Waals surface area contributed by atoms with Gasteiger partial charge in [-0.3, -0.25) is 0 Å². The molecule has 0 saturated heterocycles. The van der Waals surface area contributed by atoms with Gasteiger partial charge in [0.05, 0.1) is 12.2 Å². The molecule has 0 N–H and O–H groups in total. The maximum Gasteiger partial charge on any atom is 0.0578 e. The lowest BCUT2D eigenvalue weighted by molar-refractivity contribution is -0.0323. The van der Waals surface area contributed by atoms with Crippen molar-refractivity contribution in [1.29, 1.82) is 0 Å². The average Bonchev–Trinajstić information content (AvgIpc) is 2.82. The van der Waals surface area contributed by atoms with Gasteiger partial charge in [-0.2, -0.15) is 0 Å². The van der Waals surface area contributed by atoms with Crippen LogP contribution in [0, 0.1) is 0 Å². The van der Waals surface area contributed by atoms with Gasteiger partial charge < -0.3 is 4.74 Å². The minimum absolute atomic E-state index is 0.525. The number of hydrogen-bond acceptors (Lipinski definition) is 1. The molecule has 33 heavy (non-hydrogen) atoms. The molecule has 2 atom stereocenters. The van der Waals surface area contributed by atoms with Gasteiger partial charge in [0.2, 0.25) is 0 Å². The van der Waals surface area contributed by atoms with Crippen molar-refractivity contribution in [3.05, 3.63) is 0 Å². The first-order valence-corrected chi connectivity index (χ1v) is 15.9. The zero-order valence-electron chi connectivity index (χ0n) is 23.9. The van der Waals surface area contributed by atoms with E-state index in [2.05, 4.69) is 27.7 Å². The maximum absolute atomic E-state index is 6.86. The van der Waals surface area contributed by atoms with Crippen LogP contribution in [-0.4, -0.2) is 12.2 Å². The molecule has 0 saturated carbocycles. The van der Waals surface area contributed by atoms with Crippen molar-refractivity contribution < 1.29 is 4.74 Å². The fraction of sp³-hybridized carbons (Fsp3) is 1.00. The lowest BCUT2D eigenvalue weighted by atomic mass is 10.00. The second-order valence-electron chi connectivity index (χ2n) is 10.9. The molecule has 0 aliphatic carbocycles. The topological polar surface area (TPSA) is 9.23 Å². The number of hydrogen-bond donors (Lipinski definition) is 0. The summed E-state index contributed by atoms with van der Waals surface area (Å²) < 4.78 is 6.86. The third kappa shape index (κ3) is 24.9. The highest BCUT2D eigenvalue weighted by Gasteiger charge is 2.16. The highest BCUT2D eigenvalue weighted by Crippen LogP contribution is 2.23. The maximum atomic E-state index is 6.86. The zero-order valence-corrected chi connectivity index (χ0v) is 23.9. The highest BCUT2D eigenvalue weighted by molar-refractivity contribution is 4.67. The largest absolute Gasteiger partial charge is 0.375 e. The molecule has 1 nitrogen and oxygen atoms in total. The van der Waals surface area contributed by atoms with Crippen molar-refractivity contribution in [2.45, 2.75) is 207 Å². The molecule has 1 heteroatoms. The Morgan fingerprint density at radius 2 is 0.515 bits per heavy atom. The van der Waals surface area contributed by atoms with E-state index in [0.29, 0.717) is 12.2 Å². The summed E-state index contributed by atoms with van der Waals surface area (Å²) in [6.45, 7) is 9.26. The summed E-state index contributed by atoms with van der Waals surface area (Å²) >= 11 is 0. The summed E-state index contributed by atoms with van der Waals surface area (Å²) in [6.07, 6.45) is 37.0. The smallest absolute Gasteiger partial charge is 0.0578 e. The normalized spacial score (nSPS) is 13.5. The van der Waals surface area contributed by atoms with Gasteiger partial charge in [0.15, 0.2) is 0 Å². The van der Waals surface area contributed by atoms with Crippen LogP contribution >= 0.6 is 0 Å². The van der Waals surface area contributed by atoms with E-state index in [1.54, 1.807) is 0 Å². The summed E-state index contributed by atoms with van der Waals surface area (Å²) in [5.41, 5.74) is 0. The number of rotatable bonds is 28. The predicted molar refractivity (Wildman–Crippen MR) is 151 cm³/mol. The second-order valence-corrected chi connectivity index (χ2v) is 10.9. The van der Waals surface area contributed by atoms with E-state index in [4.69, 9.17) is 4.74 Å². The van der Waals surface area contributed by atoms with Crippen LogP contribution in [0.2, 0.25) is 0 Å². The fourth-order valence-electron chi connectivity index (χ4n) is 5.09. The standard InChI is InChI=1S/C32H66O/c1-5-9-13-15-17-19-21-25-29-31(27-23-11-7-3)33-32(28-24-12-8-4)30-26-22-20-18-16-14-10-6-2/h31-32H,5-30H2,1-4H3. The second kappa shape index (κ2) is 28.2. The molecular weight excluding hydrogens is 400 g/mol. The molecule has 0 aromatic rings. The van der Waals surface area contributed by atoms with Gasteiger partial charge in [-0.05, 0) is 25.7 Å². The first-order chi connectivity index (χ1) is 16.3. The summed E-state index contributed by atoms with van der Waals surface area (Å²) in [4.78, 5) is 0. The molecule has 0 amide bonds. The Labute approximate surface area is 211 Å². The van der Waals surface area contributed by atoms with Crippen LogP contribution in [0.3, 0.4) is 0 Å². The fourth-order valence-corrected chi connectivity index (χ4v) is 5.09.